The number of carboxylic acids is 1. The molecule has 20 heavy (non-hydrogen) atoms. The van der Waals surface area contributed by atoms with Crippen molar-refractivity contribution in [2.24, 2.45) is 5.92 Å². The monoisotopic (exact) mass is 307 g/mol. The maximum atomic E-state index is 12.1. The molecule has 0 unspecified atom stereocenters. The molecule has 0 bridgehead atoms. The smallest absolute Gasteiger partial charge is 0.387 e. The second-order valence-electron chi connectivity index (χ2n) is 4.58. The number of hydrogen-bond acceptors (Lipinski definition) is 3. The first kappa shape index (κ1) is 16.7. The van der Waals surface area contributed by atoms with Crippen LogP contribution in [0.2, 0.25) is 5.02 Å². The Morgan fingerprint density at radius 1 is 1.45 bits per heavy atom. The quantitative estimate of drug-likeness (QED) is 0.812. The van der Waals surface area contributed by atoms with Crippen molar-refractivity contribution >= 4 is 17.6 Å². The number of halogens is 3. The Bertz CT molecular complexity index is 469. The first-order chi connectivity index (χ1) is 9.31. The van der Waals surface area contributed by atoms with E-state index in [2.05, 4.69) is 10.1 Å². The summed E-state index contributed by atoms with van der Waals surface area (Å²) in [5.41, 5.74) is 0.684. The predicted molar refractivity (Wildman–Crippen MR) is 71.2 cm³/mol. The molecule has 0 aromatic heterocycles. The average Bonchev–Trinajstić information content (AvgIpc) is 2.31. The second-order valence-corrected chi connectivity index (χ2v) is 4.99. The van der Waals surface area contributed by atoms with Crippen LogP contribution in [0.25, 0.3) is 0 Å². The molecule has 1 aromatic carbocycles. The first-order valence-corrected chi connectivity index (χ1v) is 6.38. The molecule has 0 saturated heterocycles. The molecule has 1 rings (SSSR count). The Hall–Kier alpha value is -1.40. The fourth-order valence-electron chi connectivity index (χ4n) is 1.68. The summed E-state index contributed by atoms with van der Waals surface area (Å²) in [6, 6.07) is 3.66. The fraction of sp³-hybridized carbons (Fsp3) is 0.462. The normalized spacial score (nSPS) is 12.8. The molecule has 0 aliphatic heterocycles. The van der Waals surface area contributed by atoms with E-state index < -0.39 is 18.6 Å². The molecule has 4 nitrogen and oxygen atoms in total. The summed E-state index contributed by atoms with van der Waals surface area (Å²) in [5, 5.41) is 12.0. The van der Waals surface area contributed by atoms with E-state index in [9.17, 15) is 13.6 Å². The zero-order valence-corrected chi connectivity index (χ0v) is 11.8. The highest BCUT2D eigenvalue weighted by atomic mass is 35.5. The van der Waals surface area contributed by atoms with E-state index in [1.54, 1.807) is 19.9 Å². The van der Waals surface area contributed by atoms with Gasteiger partial charge in [-0.15, -0.1) is 0 Å². The molecule has 0 aliphatic carbocycles. The molecule has 0 spiro atoms. The number of hydrogen-bond donors (Lipinski definition) is 2. The molecular formula is C13H16ClF2NO3. The van der Waals surface area contributed by atoms with Gasteiger partial charge in [0.25, 0.3) is 0 Å². The molecule has 0 radical (unpaired) electrons. The summed E-state index contributed by atoms with van der Waals surface area (Å²) in [6.45, 7) is 0.911. The Balaban J connectivity index is 2.69. The number of carbonyl (C=O) groups is 1. The van der Waals surface area contributed by atoms with Crippen molar-refractivity contribution in [3.05, 3.63) is 28.8 Å². The van der Waals surface area contributed by atoms with Crippen molar-refractivity contribution in [2.75, 3.05) is 0 Å². The van der Waals surface area contributed by atoms with Gasteiger partial charge in [-0.05, 0) is 23.6 Å². The van der Waals surface area contributed by atoms with Crippen LogP contribution >= 0.6 is 11.6 Å². The summed E-state index contributed by atoms with van der Waals surface area (Å²) >= 11 is 5.81. The SMILES string of the molecule is CC(C)[C@H](NCc1ccc(OC(F)F)c(Cl)c1)C(=O)O. The minimum atomic E-state index is -2.94. The van der Waals surface area contributed by atoms with Crippen molar-refractivity contribution in [2.45, 2.75) is 33.0 Å². The first-order valence-electron chi connectivity index (χ1n) is 6.00. The van der Waals surface area contributed by atoms with Gasteiger partial charge in [0.05, 0.1) is 5.02 Å². The van der Waals surface area contributed by atoms with Crippen LogP contribution in [0.4, 0.5) is 8.78 Å². The lowest BCUT2D eigenvalue weighted by molar-refractivity contribution is -0.140. The summed E-state index contributed by atoms with van der Waals surface area (Å²) in [5.74, 6) is -1.13. The van der Waals surface area contributed by atoms with E-state index >= 15 is 0 Å². The number of aliphatic carboxylic acids is 1. The van der Waals surface area contributed by atoms with Gasteiger partial charge in [0.1, 0.15) is 11.8 Å². The van der Waals surface area contributed by atoms with Crippen LogP contribution in [-0.4, -0.2) is 23.7 Å². The molecule has 0 amide bonds. The third-order valence-corrected chi connectivity index (χ3v) is 2.97. The highest BCUT2D eigenvalue weighted by Gasteiger charge is 2.20. The van der Waals surface area contributed by atoms with Gasteiger partial charge in [0, 0.05) is 6.54 Å². The zero-order valence-electron chi connectivity index (χ0n) is 11.1. The number of carboxylic acid groups (broad SMARTS) is 1. The standard InChI is InChI=1S/C13H16ClF2NO3/c1-7(2)11(12(18)19)17-6-8-3-4-10(9(14)5-8)20-13(15)16/h3-5,7,11,13,17H,6H2,1-2H3,(H,18,19)/t11-/m0/s1. The maximum Gasteiger partial charge on any atom is 0.387 e. The molecule has 1 atom stereocenters. The molecule has 1 aromatic rings. The van der Waals surface area contributed by atoms with Crippen LogP contribution < -0.4 is 10.1 Å². The highest BCUT2D eigenvalue weighted by Crippen LogP contribution is 2.27. The highest BCUT2D eigenvalue weighted by molar-refractivity contribution is 6.32. The van der Waals surface area contributed by atoms with Crippen LogP contribution in [0.5, 0.6) is 5.75 Å². The Morgan fingerprint density at radius 2 is 2.10 bits per heavy atom. The Morgan fingerprint density at radius 3 is 2.55 bits per heavy atom. The number of alkyl halides is 2. The number of rotatable bonds is 7. The largest absolute Gasteiger partial charge is 0.480 e. The topological polar surface area (TPSA) is 58.6 Å². The van der Waals surface area contributed by atoms with Crippen LogP contribution in [0.3, 0.4) is 0 Å². The summed E-state index contributed by atoms with van der Waals surface area (Å²) in [6.07, 6.45) is 0. The van der Waals surface area contributed by atoms with Crippen molar-refractivity contribution in [1.82, 2.24) is 5.32 Å². The van der Waals surface area contributed by atoms with E-state index in [0.717, 1.165) is 0 Å². The maximum absolute atomic E-state index is 12.1. The Labute approximate surface area is 120 Å². The molecule has 0 fully saturated rings. The fourth-order valence-corrected chi connectivity index (χ4v) is 1.93. The molecular weight excluding hydrogens is 292 g/mol. The minimum Gasteiger partial charge on any atom is -0.480 e. The third-order valence-electron chi connectivity index (χ3n) is 2.67. The van der Waals surface area contributed by atoms with Gasteiger partial charge >= 0.3 is 12.6 Å². The third kappa shape index (κ3) is 4.94. The van der Waals surface area contributed by atoms with Gasteiger partial charge in [-0.25, -0.2) is 0 Å². The summed E-state index contributed by atoms with van der Waals surface area (Å²) < 4.78 is 28.4. The van der Waals surface area contributed by atoms with E-state index in [0.29, 0.717) is 5.56 Å². The number of benzene rings is 1. The van der Waals surface area contributed by atoms with E-state index in [1.807, 2.05) is 0 Å². The van der Waals surface area contributed by atoms with Crippen molar-refractivity contribution in [1.29, 1.82) is 0 Å². The molecule has 2 N–H and O–H groups in total. The average molecular weight is 308 g/mol. The van der Waals surface area contributed by atoms with Crippen LogP contribution in [0, 0.1) is 5.92 Å². The van der Waals surface area contributed by atoms with E-state index in [1.165, 1.54) is 12.1 Å². The van der Waals surface area contributed by atoms with Crippen molar-refractivity contribution < 1.29 is 23.4 Å². The van der Waals surface area contributed by atoms with Gasteiger partial charge in [-0.2, -0.15) is 8.78 Å². The Kier molecular flexibility index (Phi) is 6.16. The van der Waals surface area contributed by atoms with E-state index in [-0.39, 0.29) is 23.2 Å². The second kappa shape index (κ2) is 7.40. The van der Waals surface area contributed by atoms with Gasteiger partial charge in [-0.3, -0.25) is 4.79 Å². The van der Waals surface area contributed by atoms with Gasteiger partial charge in [-0.1, -0.05) is 31.5 Å². The number of ether oxygens (including phenoxy) is 1. The molecule has 112 valence electrons. The lowest BCUT2D eigenvalue weighted by Gasteiger charge is -2.18. The number of nitrogens with one attached hydrogen (secondary N) is 1. The predicted octanol–water partition coefficient (Wildman–Crippen LogP) is 3.14. The lowest BCUT2D eigenvalue weighted by Crippen LogP contribution is -2.40. The molecule has 0 heterocycles. The molecule has 0 saturated carbocycles. The van der Waals surface area contributed by atoms with Gasteiger partial charge < -0.3 is 15.2 Å². The summed E-state index contributed by atoms with van der Waals surface area (Å²) in [7, 11) is 0. The molecule has 0 aliphatic rings. The van der Waals surface area contributed by atoms with Gasteiger partial charge in [0.15, 0.2) is 0 Å². The van der Waals surface area contributed by atoms with Crippen LogP contribution in [0.15, 0.2) is 18.2 Å². The van der Waals surface area contributed by atoms with Crippen LogP contribution in [-0.2, 0) is 11.3 Å². The van der Waals surface area contributed by atoms with E-state index in [4.69, 9.17) is 16.7 Å². The summed E-state index contributed by atoms with van der Waals surface area (Å²) in [4.78, 5) is 11.0. The van der Waals surface area contributed by atoms with Crippen molar-refractivity contribution in [3.63, 3.8) is 0 Å². The minimum absolute atomic E-state index is 0.0565. The molecule has 7 heteroatoms. The van der Waals surface area contributed by atoms with Crippen molar-refractivity contribution in [3.8, 4) is 5.75 Å². The van der Waals surface area contributed by atoms with Gasteiger partial charge in [0.2, 0.25) is 0 Å². The zero-order chi connectivity index (χ0) is 15.3. The van der Waals surface area contributed by atoms with Crippen LogP contribution in [0.1, 0.15) is 19.4 Å². The lowest BCUT2D eigenvalue weighted by atomic mass is 10.0.